The maximum atomic E-state index is 12.5. The number of para-hydroxylation sites is 1. The van der Waals surface area contributed by atoms with Gasteiger partial charge in [-0.25, -0.2) is 14.8 Å². The molecule has 0 radical (unpaired) electrons. The fourth-order valence-electron chi connectivity index (χ4n) is 3.29. The molecule has 3 rings (SSSR count). The number of hydrogen-bond acceptors (Lipinski definition) is 6. The molecule has 0 spiro atoms. The number of piperidine rings is 1. The van der Waals surface area contributed by atoms with Crippen molar-refractivity contribution in [1.29, 1.82) is 0 Å². The summed E-state index contributed by atoms with van der Waals surface area (Å²) in [6, 6.07) is 7.91. The summed E-state index contributed by atoms with van der Waals surface area (Å²) in [7, 11) is 0. The predicted octanol–water partition coefficient (Wildman–Crippen LogP) is 3.32. The second kappa shape index (κ2) is 9.86. The first-order chi connectivity index (χ1) is 14.1. The molecular formula is C21H27N5O3. The van der Waals surface area contributed by atoms with Crippen molar-refractivity contribution in [1.82, 2.24) is 14.9 Å². The van der Waals surface area contributed by atoms with Crippen molar-refractivity contribution in [3.05, 3.63) is 47.9 Å². The molecule has 8 nitrogen and oxygen atoms in total. The molecule has 2 aromatic rings. The molecule has 1 aromatic carbocycles. The van der Waals surface area contributed by atoms with E-state index in [0.29, 0.717) is 25.5 Å². The van der Waals surface area contributed by atoms with Gasteiger partial charge in [0.05, 0.1) is 19.0 Å². The van der Waals surface area contributed by atoms with Crippen molar-refractivity contribution in [3.8, 4) is 0 Å². The Balaban J connectivity index is 1.53. The first kappa shape index (κ1) is 20.6. The van der Waals surface area contributed by atoms with Gasteiger partial charge in [0, 0.05) is 24.8 Å². The van der Waals surface area contributed by atoms with Crippen LogP contribution in [0.5, 0.6) is 0 Å². The maximum absolute atomic E-state index is 12.5. The highest BCUT2D eigenvalue weighted by Crippen LogP contribution is 2.18. The fraction of sp³-hybridized carbons (Fsp3) is 0.429. The summed E-state index contributed by atoms with van der Waals surface area (Å²) >= 11 is 0. The first-order valence-corrected chi connectivity index (χ1v) is 10.00. The van der Waals surface area contributed by atoms with Gasteiger partial charge in [0.15, 0.2) is 0 Å². The molecule has 0 atom stereocenters. The predicted molar refractivity (Wildman–Crippen MR) is 111 cm³/mol. The van der Waals surface area contributed by atoms with Gasteiger partial charge in [0.2, 0.25) is 0 Å². The number of aryl methyl sites for hydroxylation is 1. The maximum Gasteiger partial charge on any atom is 0.409 e. The first-order valence-electron chi connectivity index (χ1n) is 10.00. The SMILES string of the molecule is CCOC(=O)N1CCC(Nc2cnc(C(=O)Nc3ccccc3CC)cn2)CC1. The molecule has 2 N–H and O–H groups in total. The molecular weight excluding hydrogens is 370 g/mol. The molecule has 29 heavy (non-hydrogen) atoms. The van der Waals surface area contributed by atoms with Crippen LogP contribution in [0.15, 0.2) is 36.7 Å². The van der Waals surface area contributed by atoms with Crippen LogP contribution in [0.2, 0.25) is 0 Å². The van der Waals surface area contributed by atoms with E-state index in [1.165, 1.54) is 6.20 Å². The van der Waals surface area contributed by atoms with E-state index in [0.717, 1.165) is 30.5 Å². The highest BCUT2D eigenvalue weighted by molar-refractivity contribution is 6.03. The quantitative estimate of drug-likeness (QED) is 0.776. The van der Waals surface area contributed by atoms with Gasteiger partial charge in [-0.15, -0.1) is 0 Å². The average molecular weight is 397 g/mol. The lowest BCUT2D eigenvalue weighted by molar-refractivity contribution is 0.0982. The van der Waals surface area contributed by atoms with Gasteiger partial charge in [-0.3, -0.25) is 4.79 Å². The van der Waals surface area contributed by atoms with Gasteiger partial charge in [0.25, 0.3) is 5.91 Å². The van der Waals surface area contributed by atoms with Crippen LogP contribution in [0, 0.1) is 0 Å². The van der Waals surface area contributed by atoms with Gasteiger partial charge in [-0.1, -0.05) is 25.1 Å². The lowest BCUT2D eigenvalue weighted by Crippen LogP contribution is -2.42. The number of nitrogens with zero attached hydrogens (tertiary/aromatic N) is 3. The highest BCUT2D eigenvalue weighted by Gasteiger charge is 2.23. The lowest BCUT2D eigenvalue weighted by atomic mass is 10.1. The zero-order valence-corrected chi connectivity index (χ0v) is 16.9. The number of carbonyl (C=O) groups excluding carboxylic acids is 2. The second-order valence-corrected chi connectivity index (χ2v) is 6.86. The number of hydrogen-bond donors (Lipinski definition) is 2. The molecule has 0 unspecified atom stereocenters. The fourth-order valence-corrected chi connectivity index (χ4v) is 3.29. The number of likely N-dealkylation sites (tertiary alicyclic amines) is 1. The highest BCUT2D eigenvalue weighted by atomic mass is 16.6. The summed E-state index contributed by atoms with van der Waals surface area (Å²) in [5.41, 5.74) is 2.12. The van der Waals surface area contributed by atoms with Crippen LogP contribution in [0.25, 0.3) is 0 Å². The summed E-state index contributed by atoms with van der Waals surface area (Å²) < 4.78 is 5.03. The zero-order valence-electron chi connectivity index (χ0n) is 16.9. The van der Waals surface area contributed by atoms with Gasteiger partial charge in [0.1, 0.15) is 11.5 Å². The zero-order chi connectivity index (χ0) is 20.6. The Morgan fingerprint density at radius 1 is 1.14 bits per heavy atom. The van der Waals surface area contributed by atoms with E-state index in [-0.39, 0.29) is 23.7 Å². The summed E-state index contributed by atoms with van der Waals surface area (Å²) in [5.74, 6) is 0.331. The molecule has 1 aliphatic heterocycles. The van der Waals surface area contributed by atoms with Crippen LogP contribution in [0.1, 0.15) is 42.7 Å². The van der Waals surface area contributed by atoms with Crippen LogP contribution < -0.4 is 10.6 Å². The van der Waals surface area contributed by atoms with Crippen molar-refractivity contribution in [3.63, 3.8) is 0 Å². The lowest BCUT2D eigenvalue weighted by Gasteiger charge is -2.31. The van der Waals surface area contributed by atoms with E-state index < -0.39 is 0 Å². The number of aromatic nitrogens is 2. The minimum atomic E-state index is -0.285. The van der Waals surface area contributed by atoms with E-state index in [1.807, 2.05) is 31.2 Å². The van der Waals surface area contributed by atoms with Crippen molar-refractivity contribution in [2.45, 2.75) is 39.2 Å². The molecule has 8 heteroatoms. The Morgan fingerprint density at radius 2 is 1.90 bits per heavy atom. The van der Waals surface area contributed by atoms with Crippen molar-refractivity contribution in [2.24, 2.45) is 0 Å². The minimum absolute atomic E-state index is 0.200. The molecule has 1 saturated heterocycles. The van der Waals surface area contributed by atoms with Crippen LogP contribution in [0.3, 0.4) is 0 Å². The third-order valence-corrected chi connectivity index (χ3v) is 4.90. The van der Waals surface area contributed by atoms with Crippen LogP contribution in [0.4, 0.5) is 16.3 Å². The van der Waals surface area contributed by atoms with Gasteiger partial charge >= 0.3 is 6.09 Å². The van der Waals surface area contributed by atoms with Crippen molar-refractivity contribution in [2.75, 3.05) is 30.3 Å². The Labute approximate surface area is 170 Å². The number of benzene rings is 1. The Morgan fingerprint density at radius 3 is 2.55 bits per heavy atom. The number of rotatable bonds is 6. The molecule has 2 heterocycles. The smallest absolute Gasteiger partial charge is 0.409 e. The molecule has 1 aromatic heterocycles. The summed E-state index contributed by atoms with van der Waals surface area (Å²) in [6.45, 7) is 5.51. The molecule has 2 amide bonds. The van der Waals surface area contributed by atoms with Gasteiger partial charge < -0.3 is 20.3 Å². The molecule has 0 saturated carbocycles. The third kappa shape index (κ3) is 5.43. The van der Waals surface area contributed by atoms with E-state index in [4.69, 9.17) is 4.74 Å². The van der Waals surface area contributed by atoms with Crippen molar-refractivity contribution >= 4 is 23.5 Å². The van der Waals surface area contributed by atoms with E-state index >= 15 is 0 Å². The summed E-state index contributed by atoms with van der Waals surface area (Å²) in [6.07, 6.45) is 5.22. The number of amides is 2. The van der Waals surface area contributed by atoms with E-state index in [1.54, 1.807) is 18.0 Å². The van der Waals surface area contributed by atoms with E-state index in [2.05, 4.69) is 20.6 Å². The van der Waals surface area contributed by atoms with Crippen molar-refractivity contribution < 1.29 is 14.3 Å². The molecule has 154 valence electrons. The summed E-state index contributed by atoms with van der Waals surface area (Å²) in [5, 5.41) is 6.22. The molecule has 1 aliphatic rings. The Kier molecular flexibility index (Phi) is 6.99. The largest absolute Gasteiger partial charge is 0.450 e. The number of nitrogens with one attached hydrogen (secondary N) is 2. The van der Waals surface area contributed by atoms with Crippen LogP contribution in [-0.4, -0.2) is 52.6 Å². The minimum Gasteiger partial charge on any atom is -0.450 e. The molecule has 1 fully saturated rings. The number of carbonyl (C=O) groups is 2. The van der Waals surface area contributed by atoms with Crippen LogP contribution >= 0.6 is 0 Å². The summed E-state index contributed by atoms with van der Waals surface area (Å²) in [4.78, 5) is 34.5. The van der Waals surface area contributed by atoms with Gasteiger partial charge in [-0.05, 0) is 37.8 Å². The number of ether oxygens (including phenoxy) is 1. The molecule has 0 aliphatic carbocycles. The standard InChI is InChI=1S/C21H27N5O3/c1-3-15-7-5-6-8-17(15)25-20(27)18-13-23-19(14-22-18)24-16-9-11-26(12-10-16)21(28)29-4-2/h5-8,13-14,16H,3-4,9-12H2,1-2H3,(H,23,24)(H,25,27). The number of anilines is 2. The van der Waals surface area contributed by atoms with Gasteiger partial charge in [-0.2, -0.15) is 0 Å². The van der Waals surface area contributed by atoms with E-state index in [9.17, 15) is 9.59 Å². The Bertz CT molecular complexity index is 832. The molecule has 0 bridgehead atoms. The topological polar surface area (TPSA) is 96.5 Å². The van der Waals surface area contributed by atoms with Crippen LogP contribution in [-0.2, 0) is 11.2 Å². The normalized spacial score (nSPS) is 14.3. The third-order valence-electron chi connectivity index (χ3n) is 4.90. The average Bonchev–Trinajstić information content (AvgIpc) is 2.75. The Hall–Kier alpha value is -3.16. The second-order valence-electron chi connectivity index (χ2n) is 6.86. The monoisotopic (exact) mass is 397 g/mol.